The fraction of sp³-hybridized carbons (Fsp3) is 0.556. The number of ether oxygens (including phenoxy) is 3. The van der Waals surface area contributed by atoms with Crippen LogP contribution in [0.1, 0.15) is 43.6 Å². The van der Waals surface area contributed by atoms with Crippen LogP contribution in [0, 0.1) is 5.41 Å². The van der Waals surface area contributed by atoms with Crippen molar-refractivity contribution in [1.29, 1.82) is 0 Å². The number of aliphatic hydroxyl groups is 4. The van der Waals surface area contributed by atoms with Gasteiger partial charge in [-0.15, -0.1) is 0 Å². The monoisotopic (exact) mass is 750 g/mol. The summed E-state index contributed by atoms with van der Waals surface area (Å²) >= 11 is 0. The second-order valence-corrected chi connectivity index (χ2v) is 13.4. The fourth-order valence-corrected chi connectivity index (χ4v) is 5.99. The van der Waals surface area contributed by atoms with Crippen LogP contribution >= 0.6 is 0 Å². The van der Waals surface area contributed by atoms with E-state index in [2.05, 4.69) is 29.7 Å². The van der Waals surface area contributed by atoms with Gasteiger partial charge in [-0.1, -0.05) is 18.2 Å². The molecule has 51 heavy (non-hydrogen) atoms. The van der Waals surface area contributed by atoms with Gasteiger partial charge in [0.15, 0.2) is 12.5 Å². The number of carbonyl (C=O) groups is 1. The van der Waals surface area contributed by atoms with Gasteiger partial charge in [0.05, 0.1) is 35.7 Å². The molecule has 2 aliphatic rings. The molecule has 1 unspecified atom stereocenters. The van der Waals surface area contributed by atoms with Crippen LogP contribution in [0.3, 0.4) is 0 Å². The van der Waals surface area contributed by atoms with Crippen molar-refractivity contribution in [3.05, 3.63) is 90.3 Å². The first-order valence-corrected chi connectivity index (χ1v) is 17.2. The van der Waals surface area contributed by atoms with E-state index in [9.17, 15) is 25.2 Å². The third-order valence-electron chi connectivity index (χ3n) is 9.26. The minimum atomic E-state index is -1.55. The predicted octanol–water partition coefficient (Wildman–Crippen LogP) is 0.964. The summed E-state index contributed by atoms with van der Waals surface area (Å²) in [7, 11) is 0. The van der Waals surface area contributed by atoms with Crippen molar-refractivity contribution in [3.63, 3.8) is 0 Å². The van der Waals surface area contributed by atoms with Crippen LogP contribution in [-0.2, 0) is 49.2 Å². The van der Waals surface area contributed by atoms with Gasteiger partial charge in [0.1, 0.15) is 24.4 Å². The van der Waals surface area contributed by atoms with Gasteiger partial charge in [-0.25, -0.2) is 0 Å². The van der Waals surface area contributed by atoms with Crippen LogP contribution in [-0.4, -0.2) is 139 Å². The van der Waals surface area contributed by atoms with Crippen molar-refractivity contribution in [1.82, 2.24) is 29.7 Å². The van der Waals surface area contributed by atoms with Crippen molar-refractivity contribution in [2.75, 3.05) is 52.5 Å². The molecule has 2 aliphatic heterocycles. The molecule has 6 atom stereocenters. The van der Waals surface area contributed by atoms with Crippen molar-refractivity contribution in [2.24, 2.45) is 5.41 Å². The molecule has 4 N–H and O–H groups in total. The Morgan fingerprint density at radius 1 is 0.824 bits per heavy atom. The third kappa shape index (κ3) is 11.5. The zero-order chi connectivity index (χ0) is 35.5. The summed E-state index contributed by atoms with van der Waals surface area (Å²) in [6.45, 7) is 8.59. The minimum Gasteiger partial charge on any atom is -0.440 e. The molecule has 3 aromatic heterocycles. The number of nitrogens with zero attached hydrogens (tertiary/aromatic N) is 6. The average molecular weight is 751 g/mol. The van der Waals surface area contributed by atoms with Gasteiger partial charge >= 0.3 is 23.0 Å². The topological polar surface area (TPSA) is 174 Å². The standard InChI is InChI=1S/C36H50N6O8.Fe/c1-36(2,12-22-48-34-32(46)31(45)30(44)29(25-43)49-34)35(47)50-33(28-11-5-8-15-39-28)42-20-18-40(23-26-9-3-6-13-37-26)16-17-41(19-21-42)24-27-10-4-7-14-38-27;/h3-11,13-15,29-34,43-46H,12,16-25H2,1-2H3;/q;+3/t29-,30+,31+,32-,33?,34-;/m1./s1. The zero-order valence-electron chi connectivity index (χ0n) is 29.1. The summed E-state index contributed by atoms with van der Waals surface area (Å²) in [4.78, 5) is 34.5. The summed E-state index contributed by atoms with van der Waals surface area (Å²) in [6.07, 6.45) is -2.20. The Morgan fingerprint density at radius 3 is 1.88 bits per heavy atom. The Labute approximate surface area is 309 Å². The van der Waals surface area contributed by atoms with Gasteiger partial charge in [-0.05, 0) is 56.7 Å². The number of hydrogen-bond donors (Lipinski definition) is 4. The molecular weight excluding hydrogens is 700 g/mol. The molecule has 5 rings (SSSR count). The van der Waals surface area contributed by atoms with E-state index in [-0.39, 0.29) is 30.1 Å². The molecule has 277 valence electrons. The van der Waals surface area contributed by atoms with E-state index in [1.54, 1.807) is 32.4 Å². The Kier molecular flexibility index (Phi) is 15.8. The summed E-state index contributed by atoms with van der Waals surface area (Å²) in [5.74, 6) is -0.457. The number of carbonyl (C=O) groups excluding carboxylic acids is 1. The van der Waals surface area contributed by atoms with Crippen LogP contribution in [0.2, 0.25) is 0 Å². The molecule has 1 radical (unpaired) electrons. The summed E-state index contributed by atoms with van der Waals surface area (Å²) in [6, 6.07) is 17.4. The number of aromatic nitrogens is 3. The van der Waals surface area contributed by atoms with E-state index >= 15 is 0 Å². The number of esters is 1. The number of pyridine rings is 3. The van der Waals surface area contributed by atoms with Crippen molar-refractivity contribution in [3.8, 4) is 0 Å². The average Bonchev–Trinajstić information content (AvgIpc) is 3.22. The van der Waals surface area contributed by atoms with Gasteiger partial charge in [0.25, 0.3) is 0 Å². The van der Waals surface area contributed by atoms with E-state index in [1.165, 1.54) is 0 Å². The molecule has 0 amide bonds. The van der Waals surface area contributed by atoms with E-state index in [0.29, 0.717) is 45.0 Å². The largest absolute Gasteiger partial charge is 3.00 e. The smallest absolute Gasteiger partial charge is 0.440 e. The Bertz CT molecular complexity index is 1390. The maximum atomic E-state index is 13.9. The van der Waals surface area contributed by atoms with Crippen LogP contribution in [0.25, 0.3) is 0 Å². The molecule has 0 aliphatic carbocycles. The van der Waals surface area contributed by atoms with Crippen molar-refractivity contribution >= 4 is 5.97 Å². The molecule has 5 heterocycles. The SMILES string of the molecule is CC(C)(CCO[C@@H]1O[C@H](CO)[C@H](O)[C@H](O)[C@H]1O)C(=O)OC(c1ccccn1)N1CCN(Cc2ccccn2)CCN(Cc2ccccn2)CC1.[Fe+3]. The molecule has 0 spiro atoms. The third-order valence-corrected chi connectivity index (χ3v) is 9.26. The normalized spacial score (nSPS) is 24.8. The zero-order valence-corrected chi connectivity index (χ0v) is 30.2. The van der Waals surface area contributed by atoms with Crippen LogP contribution in [0.5, 0.6) is 0 Å². The van der Waals surface area contributed by atoms with E-state index < -0.39 is 54.9 Å². The number of aliphatic hydroxyl groups excluding tert-OH is 4. The molecule has 0 aromatic carbocycles. The summed E-state index contributed by atoms with van der Waals surface area (Å²) in [5.41, 5.74) is 1.56. The Balaban J connectivity index is 0.00000583. The second-order valence-electron chi connectivity index (χ2n) is 13.4. The molecule has 14 nitrogen and oxygen atoms in total. The minimum absolute atomic E-state index is 0. The molecule has 0 saturated carbocycles. The molecular formula is C36H50FeN6O8+3. The number of rotatable bonds is 13. The van der Waals surface area contributed by atoms with Crippen molar-refractivity contribution in [2.45, 2.75) is 70.3 Å². The van der Waals surface area contributed by atoms with Crippen LogP contribution in [0.15, 0.2) is 73.2 Å². The van der Waals surface area contributed by atoms with Gasteiger partial charge < -0.3 is 34.6 Å². The molecule has 2 fully saturated rings. The first-order valence-electron chi connectivity index (χ1n) is 17.2. The predicted molar refractivity (Wildman–Crippen MR) is 182 cm³/mol. The van der Waals surface area contributed by atoms with Crippen molar-refractivity contribution < 1.29 is 56.5 Å². The second kappa shape index (κ2) is 19.8. The Morgan fingerprint density at radius 2 is 1.37 bits per heavy atom. The van der Waals surface area contributed by atoms with Crippen LogP contribution < -0.4 is 0 Å². The van der Waals surface area contributed by atoms with Gasteiger partial charge in [0, 0.05) is 70.9 Å². The molecule has 15 heteroatoms. The molecule has 3 aromatic rings. The maximum absolute atomic E-state index is 13.9. The van der Waals surface area contributed by atoms with Gasteiger partial charge in [0.2, 0.25) is 0 Å². The fourth-order valence-electron chi connectivity index (χ4n) is 5.99. The Hall–Kier alpha value is -2.92. The molecule has 0 bridgehead atoms. The first-order chi connectivity index (χ1) is 24.1. The molecule has 2 saturated heterocycles. The van der Waals surface area contributed by atoms with E-state index in [4.69, 9.17) is 14.2 Å². The van der Waals surface area contributed by atoms with Crippen LogP contribution in [0.4, 0.5) is 0 Å². The van der Waals surface area contributed by atoms with E-state index in [1.807, 2.05) is 54.6 Å². The summed E-state index contributed by atoms with van der Waals surface area (Å²) < 4.78 is 17.5. The van der Waals surface area contributed by atoms with E-state index in [0.717, 1.165) is 24.5 Å². The maximum Gasteiger partial charge on any atom is 3.00 e. The quantitative estimate of drug-likeness (QED) is 0.144. The first kappa shape index (κ1) is 40.8. The van der Waals surface area contributed by atoms with Gasteiger partial charge in [-0.3, -0.25) is 34.4 Å². The van der Waals surface area contributed by atoms with Gasteiger partial charge in [-0.2, -0.15) is 0 Å². The number of hydrogen-bond acceptors (Lipinski definition) is 14. The summed E-state index contributed by atoms with van der Waals surface area (Å²) in [5, 5.41) is 40.0.